The molecule has 0 saturated heterocycles. The molecule has 0 fully saturated rings. The number of allylic oxidation sites excluding steroid dienone is 1. The number of aliphatic hydroxyl groups excluding tert-OH is 1. The van der Waals surface area contributed by atoms with E-state index in [9.17, 15) is 14.4 Å². The van der Waals surface area contributed by atoms with Gasteiger partial charge in [0.2, 0.25) is 0 Å². The molecular formula is C23H20O6. The molecule has 0 aliphatic carbocycles. The van der Waals surface area contributed by atoms with Crippen LogP contribution in [0.3, 0.4) is 0 Å². The lowest BCUT2D eigenvalue weighted by molar-refractivity contribution is -0.131. The number of aliphatic hydroxyl groups is 1. The molecule has 2 aromatic rings. The fourth-order valence-electron chi connectivity index (χ4n) is 2.04. The highest BCUT2D eigenvalue weighted by atomic mass is 16.5. The molecule has 0 spiro atoms. The van der Waals surface area contributed by atoms with Crippen molar-refractivity contribution in [2.24, 2.45) is 0 Å². The van der Waals surface area contributed by atoms with Gasteiger partial charge in [-0.25, -0.2) is 9.59 Å². The Bertz CT molecular complexity index is 965. The Morgan fingerprint density at radius 1 is 0.897 bits per heavy atom. The molecule has 0 radical (unpaired) electrons. The normalized spacial score (nSPS) is 10.4. The first kappa shape index (κ1) is 21.5. The molecule has 0 aliphatic heterocycles. The van der Waals surface area contributed by atoms with Gasteiger partial charge in [-0.1, -0.05) is 31.4 Å². The molecule has 0 aromatic heterocycles. The smallest absolute Gasteiger partial charge is 0.341 e. The summed E-state index contributed by atoms with van der Waals surface area (Å²) in [7, 11) is 0. The van der Waals surface area contributed by atoms with Gasteiger partial charge in [-0.05, 0) is 55.0 Å². The van der Waals surface area contributed by atoms with Crippen LogP contribution in [0.1, 0.15) is 22.8 Å². The van der Waals surface area contributed by atoms with Crippen LogP contribution in [0.15, 0.2) is 78.9 Å². The van der Waals surface area contributed by atoms with Crippen LogP contribution >= 0.6 is 0 Å². The molecular weight excluding hydrogens is 372 g/mol. The van der Waals surface area contributed by atoms with E-state index in [1.165, 1.54) is 18.2 Å². The maximum atomic E-state index is 12.3. The van der Waals surface area contributed by atoms with Crippen molar-refractivity contribution in [1.29, 1.82) is 0 Å². The van der Waals surface area contributed by atoms with Crippen LogP contribution in [0.25, 0.3) is 6.08 Å². The molecule has 0 atom stereocenters. The molecule has 0 saturated carbocycles. The van der Waals surface area contributed by atoms with Crippen molar-refractivity contribution in [3.63, 3.8) is 0 Å². The Morgan fingerprint density at radius 2 is 1.41 bits per heavy atom. The average Bonchev–Trinajstić information content (AvgIpc) is 2.72. The number of ketones is 1. The zero-order valence-electron chi connectivity index (χ0n) is 15.9. The summed E-state index contributed by atoms with van der Waals surface area (Å²) in [5, 5.41) is 8.85. The van der Waals surface area contributed by atoms with E-state index in [-0.39, 0.29) is 16.9 Å². The van der Waals surface area contributed by atoms with Gasteiger partial charge in [0.05, 0.1) is 12.2 Å². The Balaban J connectivity index is 1.98. The molecule has 2 rings (SSSR count). The van der Waals surface area contributed by atoms with Crippen molar-refractivity contribution in [2.75, 3.05) is 6.61 Å². The van der Waals surface area contributed by atoms with Gasteiger partial charge in [0.15, 0.2) is 5.78 Å². The van der Waals surface area contributed by atoms with Crippen molar-refractivity contribution in [3.8, 4) is 11.5 Å². The number of carbonyl (C=O) groups is 3. The van der Waals surface area contributed by atoms with Gasteiger partial charge in [-0.15, -0.1) is 0 Å². The fourth-order valence-corrected chi connectivity index (χ4v) is 2.04. The summed E-state index contributed by atoms with van der Waals surface area (Å²) >= 11 is 0. The molecule has 1 N–H and O–H groups in total. The van der Waals surface area contributed by atoms with E-state index >= 15 is 0 Å². The summed E-state index contributed by atoms with van der Waals surface area (Å²) in [5.41, 5.74) is 1.41. The van der Waals surface area contributed by atoms with Gasteiger partial charge >= 0.3 is 11.9 Å². The summed E-state index contributed by atoms with van der Waals surface area (Å²) in [6.45, 7) is 7.97. The minimum absolute atomic E-state index is 0.0417. The summed E-state index contributed by atoms with van der Waals surface area (Å²) < 4.78 is 10.1. The molecule has 148 valence electrons. The topological polar surface area (TPSA) is 89.9 Å². The highest BCUT2D eigenvalue weighted by Gasteiger charge is 2.09. The van der Waals surface area contributed by atoms with E-state index in [1.54, 1.807) is 49.4 Å². The van der Waals surface area contributed by atoms with Crippen molar-refractivity contribution in [3.05, 3.63) is 90.0 Å². The van der Waals surface area contributed by atoms with Crippen LogP contribution in [0.4, 0.5) is 0 Å². The van der Waals surface area contributed by atoms with Crippen LogP contribution in [0, 0.1) is 0 Å². The maximum absolute atomic E-state index is 12.3. The predicted molar refractivity (Wildman–Crippen MR) is 109 cm³/mol. The standard InChI is InChI=1S/C23H20O6/c1-15(2)22(26)28-20-11-7-18(8-12-20)21(25)13-6-17-4-9-19(10-5-17)29-23(27)16(3)14-24/h4-13,24H,1,3,14H2,2H3/b13-6+. The van der Waals surface area contributed by atoms with E-state index in [1.807, 2.05) is 0 Å². The monoisotopic (exact) mass is 392 g/mol. The number of benzene rings is 2. The Kier molecular flexibility index (Phi) is 7.40. The van der Waals surface area contributed by atoms with Gasteiger partial charge < -0.3 is 14.6 Å². The summed E-state index contributed by atoms with van der Waals surface area (Å²) in [6.07, 6.45) is 3.03. The zero-order chi connectivity index (χ0) is 21.4. The van der Waals surface area contributed by atoms with E-state index in [2.05, 4.69) is 13.2 Å². The minimum Gasteiger partial charge on any atom is -0.423 e. The van der Waals surface area contributed by atoms with Gasteiger partial charge in [0, 0.05) is 11.1 Å². The van der Waals surface area contributed by atoms with E-state index in [0.717, 1.165) is 5.56 Å². The third kappa shape index (κ3) is 6.41. The fraction of sp³-hybridized carbons (Fsp3) is 0.0870. The summed E-state index contributed by atoms with van der Waals surface area (Å²) in [6, 6.07) is 12.7. The van der Waals surface area contributed by atoms with Crippen molar-refractivity contribution in [1.82, 2.24) is 0 Å². The average molecular weight is 392 g/mol. The SMILES string of the molecule is C=C(C)C(=O)Oc1ccc(C(=O)/C=C/c2ccc(OC(=O)C(=C)CO)cc2)cc1. The lowest BCUT2D eigenvalue weighted by atomic mass is 10.1. The largest absolute Gasteiger partial charge is 0.423 e. The summed E-state index contributed by atoms with van der Waals surface area (Å²) in [4.78, 5) is 35.3. The van der Waals surface area contributed by atoms with Crippen LogP contribution in [0.2, 0.25) is 0 Å². The zero-order valence-corrected chi connectivity index (χ0v) is 15.9. The van der Waals surface area contributed by atoms with E-state index in [4.69, 9.17) is 14.6 Å². The molecule has 29 heavy (non-hydrogen) atoms. The maximum Gasteiger partial charge on any atom is 0.341 e. The van der Waals surface area contributed by atoms with Crippen LogP contribution in [-0.4, -0.2) is 29.4 Å². The number of hydrogen-bond acceptors (Lipinski definition) is 6. The molecule has 0 bridgehead atoms. The van der Waals surface area contributed by atoms with Crippen molar-refractivity contribution >= 4 is 23.8 Å². The Morgan fingerprint density at radius 3 is 1.93 bits per heavy atom. The summed E-state index contributed by atoms with van der Waals surface area (Å²) in [5.74, 6) is -0.833. The van der Waals surface area contributed by atoms with Gasteiger partial charge in [0.1, 0.15) is 11.5 Å². The van der Waals surface area contributed by atoms with E-state index in [0.29, 0.717) is 17.1 Å². The van der Waals surface area contributed by atoms with Gasteiger partial charge in [-0.2, -0.15) is 0 Å². The number of ether oxygens (including phenoxy) is 2. The van der Waals surface area contributed by atoms with Gasteiger partial charge in [-0.3, -0.25) is 4.79 Å². The van der Waals surface area contributed by atoms with Crippen molar-refractivity contribution in [2.45, 2.75) is 6.92 Å². The highest BCUT2D eigenvalue weighted by molar-refractivity contribution is 6.06. The Hall–Kier alpha value is -3.77. The van der Waals surface area contributed by atoms with Crippen LogP contribution < -0.4 is 9.47 Å². The lowest BCUT2D eigenvalue weighted by Crippen LogP contribution is -2.12. The first-order valence-corrected chi connectivity index (χ1v) is 8.61. The Labute approximate surface area is 168 Å². The van der Waals surface area contributed by atoms with Gasteiger partial charge in [0.25, 0.3) is 0 Å². The molecule has 0 amide bonds. The molecule has 0 unspecified atom stereocenters. The first-order chi connectivity index (χ1) is 13.8. The highest BCUT2D eigenvalue weighted by Crippen LogP contribution is 2.17. The third-order valence-corrected chi connectivity index (χ3v) is 3.70. The second-order valence-corrected chi connectivity index (χ2v) is 6.11. The van der Waals surface area contributed by atoms with E-state index < -0.39 is 18.5 Å². The number of esters is 2. The van der Waals surface area contributed by atoms with Crippen LogP contribution in [-0.2, 0) is 9.59 Å². The second kappa shape index (κ2) is 9.96. The molecule has 0 heterocycles. The van der Waals surface area contributed by atoms with Crippen LogP contribution in [0.5, 0.6) is 11.5 Å². The number of rotatable bonds is 8. The molecule has 6 nitrogen and oxygen atoms in total. The molecule has 6 heteroatoms. The second-order valence-electron chi connectivity index (χ2n) is 6.11. The lowest BCUT2D eigenvalue weighted by Gasteiger charge is -2.05. The van der Waals surface area contributed by atoms with Crippen molar-refractivity contribution < 1.29 is 29.0 Å². The molecule has 0 aliphatic rings. The third-order valence-electron chi connectivity index (χ3n) is 3.70. The number of hydrogen-bond donors (Lipinski definition) is 1. The number of carbonyl (C=O) groups excluding carboxylic acids is 3. The first-order valence-electron chi connectivity index (χ1n) is 8.61. The minimum atomic E-state index is -0.705. The quantitative estimate of drug-likeness (QED) is 0.320. The predicted octanol–water partition coefficient (Wildman–Crippen LogP) is 3.52. The molecule has 2 aromatic carbocycles.